The summed E-state index contributed by atoms with van der Waals surface area (Å²) < 4.78 is 5.36. The van der Waals surface area contributed by atoms with Gasteiger partial charge in [-0.2, -0.15) is 0 Å². The van der Waals surface area contributed by atoms with Crippen molar-refractivity contribution in [3.05, 3.63) is 0 Å². The normalized spacial score (nSPS) is 29.3. The third kappa shape index (κ3) is 2.67. The molecule has 2 fully saturated rings. The van der Waals surface area contributed by atoms with Gasteiger partial charge in [0.1, 0.15) is 0 Å². The first-order valence-corrected chi connectivity index (χ1v) is 7.13. The standard InChI is InChI=1S/C14H26O3/c15-12-13(6-4-2-1-3-5-7-13)14(16)8-10-17-11-9-14/h15-16H,1-12H2. The Morgan fingerprint density at radius 2 is 1.35 bits per heavy atom. The van der Waals surface area contributed by atoms with E-state index in [2.05, 4.69) is 0 Å². The number of hydrogen-bond acceptors (Lipinski definition) is 3. The number of ether oxygens (including phenoxy) is 1. The molecule has 0 aromatic rings. The second-order valence-electron chi connectivity index (χ2n) is 5.85. The largest absolute Gasteiger partial charge is 0.396 e. The molecular formula is C14H26O3. The van der Waals surface area contributed by atoms with E-state index in [4.69, 9.17) is 4.74 Å². The minimum absolute atomic E-state index is 0.128. The lowest BCUT2D eigenvalue weighted by molar-refractivity contribution is -0.168. The van der Waals surface area contributed by atoms with E-state index in [-0.39, 0.29) is 12.0 Å². The van der Waals surface area contributed by atoms with Crippen LogP contribution < -0.4 is 0 Å². The molecule has 1 saturated heterocycles. The monoisotopic (exact) mass is 242 g/mol. The fraction of sp³-hybridized carbons (Fsp3) is 1.00. The molecule has 17 heavy (non-hydrogen) atoms. The average molecular weight is 242 g/mol. The van der Waals surface area contributed by atoms with Crippen molar-refractivity contribution in [2.75, 3.05) is 19.8 Å². The van der Waals surface area contributed by atoms with Crippen LogP contribution >= 0.6 is 0 Å². The highest BCUT2D eigenvalue weighted by atomic mass is 16.5. The van der Waals surface area contributed by atoms with Crippen molar-refractivity contribution in [3.63, 3.8) is 0 Å². The first-order chi connectivity index (χ1) is 8.22. The molecular weight excluding hydrogens is 216 g/mol. The Morgan fingerprint density at radius 3 is 1.88 bits per heavy atom. The summed E-state index contributed by atoms with van der Waals surface area (Å²) in [6.45, 7) is 1.40. The highest BCUT2D eigenvalue weighted by Crippen LogP contribution is 2.47. The molecule has 0 amide bonds. The molecule has 2 rings (SSSR count). The summed E-state index contributed by atoms with van der Waals surface area (Å²) in [4.78, 5) is 0. The Hall–Kier alpha value is -0.120. The lowest BCUT2D eigenvalue weighted by Gasteiger charge is -2.49. The molecule has 100 valence electrons. The Bertz CT molecular complexity index is 226. The molecule has 0 spiro atoms. The van der Waals surface area contributed by atoms with Crippen LogP contribution in [0.1, 0.15) is 57.8 Å². The molecule has 0 radical (unpaired) electrons. The predicted molar refractivity (Wildman–Crippen MR) is 66.8 cm³/mol. The number of aliphatic hydroxyl groups is 2. The molecule has 2 aliphatic rings. The molecule has 1 heterocycles. The fourth-order valence-corrected chi connectivity index (χ4v) is 3.59. The quantitative estimate of drug-likeness (QED) is 0.781. The van der Waals surface area contributed by atoms with E-state index in [1.807, 2.05) is 0 Å². The maximum Gasteiger partial charge on any atom is 0.0769 e. The van der Waals surface area contributed by atoms with Gasteiger partial charge in [0, 0.05) is 31.5 Å². The average Bonchev–Trinajstić information content (AvgIpc) is 2.30. The van der Waals surface area contributed by atoms with Gasteiger partial charge in [0.2, 0.25) is 0 Å². The molecule has 0 aromatic carbocycles. The first-order valence-electron chi connectivity index (χ1n) is 7.13. The number of rotatable bonds is 2. The minimum Gasteiger partial charge on any atom is -0.396 e. The molecule has 3 heteroatoms. The molecule has 0 aromatic heterocycles. The van der Waals surface area contributed by atoms with E-state index in [9.17, 15) is 10.2 Å². The van der Waals surface area contributed by atoms with Crippen molar-refractivity contribution < 1.29 is 14.9 Å². The summed E-state index contributed by atoms with van der Waals surface area (Å²) in [6, 6.07) is 0. The van der Waals surface area contributed by atoms with Crippen LogP contribution in [-0.4, -0.2) is 35.6 Å². The van der Waals surface area contributed by atoms with Gasteiger partial charge in [-0.05, 0) is 12.8 Å². The van der Waals surface area contributed by atoms with E-state index in [0.29, 0.717) is 26.1 Å². The smallest absolute Gasteiger partial charge is 0.0769 e. The maximum absolute atomic E-state index is 10.9. The van der Waals surface area contributed by atoms with Crippen LogP contribution in [0.3, 0.4) is 0 Å². The molecule has 1 saturated carbocycles. The SMILES string of the molecule is OCC1(C2(O)CCOCC2)CCCCCCC1. The highest BCUT2D eigenvalue weighted by molar-refractivity contribution is 5.00. The van der Waals surface area contributed by atoms with Gasteiger partial charge in [-0.3, -0.25) is 0 Å². The van der Waals surface area contributed by atoms with Crippen molar-refractivity contribution in [3.8, 4) is 0 Å². The lowest BCUT2D eigenvalue weighted by atomic mass is 9.62. The van der Waals surface area contributed by atoms with Crippen molar-refractivity contribution in [1.29, 1.82) is 0 Å². The van der Waals surface area contributed by atoms with Crippen LogP contribution in [0.2, 0.25) is 0 Å². The summed E-state index contributed by atoms with van der Waals surface area (Å²) in [5.74, 6) is 0. The van der Waals surface area contributed by atoms with Gasteiger partial charge in [-0.15, -0.1) is 0 Å². The van der Waals surface area contributed by atoms with Crippen molar-refractivity contribution >= 4 is 0 Å². The van der Waals surface area contributed by atoms with Crippen LogP contribution in [0.15, 0.2) is 0 Å². The Morgan fingerprint density at radius 1 is 0.824 bits per heavy atom. The van der Waals surface area contributed by atoms with Gasteiger partial charge in [-0.25, -0.2) is 0 Å². The van der Waals surface area contributed by atoms with E-state index < -0.39 is 5.60 Å². The molecule has 3 nitrogen and oxygen atoms in total. The highest BCUT2D eigenvalue weighted by Gasteiger charge is 2.49. The van der Waals surface area contributed by atoms with Crippen molar-refractivity contribution in [1.82, 2.24) is 0 Å². The Labute approximate surface area is 104 Å². The topological polar surface area (TPSA) is 49.7 Å². The maximum atomic E-state index is 10.9. The van der Waals surface area contributed by atoms with Crippen molar-refractivity contribution in [2.24, 2.45) is 5.41 Å². The van der Waals surface area contributed by atoms with Crippen LogP contribution in [0.25, 0.3) is 0 Å². The summed E-state index contributed by atoms with van der Waals surface area (Å²) in [6.07, 6.45) is 9.40. The summed E-state index contributed by atoms with van der Waals surface area (Å²) >= 11 is 0. The van der Waals surface area contributed by atoms with E-state index in [0.717, 1.165) is 25.7 Å². The molecule has 0 atom stereocenters. The van der Waals surface area contributed by atoms with Crippen molar-refractivity contribution in [2.45, 2.75) is 63.4 Å². The molecule has 1 aliphatic heterocycles. The van der Waals surface area contributed by atoms with Gasteiger partial charge in [0.05, 0.1) is 12.2 Å². The van der Waals surface area contributed by atoms with Gasteiger partial charge >= 0.3 is 0 Å². The number of aliphatic hydroxyl groups excluding tert-OH is 1. The first kappa shape index (κ1) is 13.3. The zero-order chi connectivity index (χ0) is 12.2. The lowest BCUT2D eigenvalue weighted by Crippen LogP contribution is -2.54. The van der Waals surface area contributed by atoms with Gasteiger partial charge in [0.15, 0.2) is 0 Å². The van der Waals surface area contributed by atoms with Crippen LogP contribution in [-0.2, 0) is 4.74 Å². The van der Waals surface area contributed by atoms with Gasteiger partial charge < -0.3 is 14.9 Å². The molecule has 2 N–H and O–H groups in total. The molecule has 1 aliphatic carbocycles. The fourth-order valence-electron chi connectivity index (χ4n) is 3.59. The third-order valence-electron chi connectivity index (χ3n) is 4.92. The van der Waals surface area contributed by atoms with E-state index in [1.54, 1.807) is 0 Å². The second kappa shape index (κ2) is 5.68. The molecule has 0 bridgehead atoms. The predicted octanol–water partition coefficient (Wildman–Crippen LogP) is 2.25. The molecule has 0 unspecified atom stereocenters. The Kier molecular flexibility index (Phi) is 4.45. The van der Waals surface area contributed by atoms with Gasteiger partial charge in [0.25, 0.3) is 0 Å². The Balaban J connectivity index is 2.14. The van der Waals surface area contributed by atoms with Crippen LogP contribution in [0.5, 0.6) is 0 Å². The number of hydrogen-bond donors (Lipinski definition) is 2. The van der Waals surface area contributed by atoms with Crippen LogP contribution in [0.4, 0.5) is 0 Å². The van der Waals surface area contributed by atoms with Crippen LogP contribution in [0, 0.1) is 5.41 Å². The summed E-state index contributed by atoms with van der Waals surface area (Å²) in [7, 11) is 0. The van der Waals surface area contributed by atoms with Gasteiger partial charge in [-0.1, -0.05) is 32.1 Å². The summed E-state index contributed by atoms with van der Waals surface area (Å²) in [5.41, 5.74) is -0.964. The summed E-state index contributed by atoms with van der Waals surface area (Å²) in [5, 5.41) is 20.8. The van der Waals surface area contributed by atoms with E-state index >= 15 is 0 Å². The zero-order valence-electron chi connectivity index (χ0n) is 10.8. The zero-order valence-corrected chi connectivity index (χ0v) is 10.8. The third-order valence-corrected chi connectivity index (χ3v) is 4.92. The second-order valence-corrected chi connectivity index (χ2v) is 5.85. The van der Waals surface area contributed by atoms with E-state index in [1.165, 1.54) is 19.3 Å². The minimum atomic E-state index is -0.697.